The van der Waals surface area contributed by atoms with E-state index in [2.05, 4.69) is 37.8 Å². The molecule has 0 N–H and O–H groups in total. The molecule has 1 amide bonds. The van der Waals surface area contributed by atoms with Crippen LogP contribution in [0.15, 0.2) is 36.9 Å². The maximum Gasteiger partial charge on any atom is 0.245 e. The zero-order valence-electron chi connectivity index (χ0n) is 20.6. The second kappa shape index (κ2) is 13.2. The molecule has 0 unspecified atom stereocenters. The molecule has 32 heavy (non-hydrogen) atoms. The summed E-state index contributed by atoms with van der Waals surface area (Å²) in [5, 5.41) is 0. The predicted octanol–water partition coefficient (Wildman–Crippen LogP) is 6.91. The van der Waals surface area contributed by atoms with Crippen LogP contribution >= 0.6 is 0 Å². The fourth-order valence-electron chi connectivity index (χ4n) is 5.79. The summed E-state index contributed by atoms with van der Waals surface area (Å²) in [5.41, 5.74) is 2.90. The Hall–Kier alpha value is -1.61. The maximum atomic E-state index is 11.6. The van der Waals surface area contributed by atoms with Crippen molar-refractivity contribution in [1.82, 2.24) is 4.90 Å². The van der Waals surface area contributed by atoms with E-state index in [0.29, 0.717) is 6.10 Å². The average Bonchev–Trinajstić information content (AvgIpc) is 2.84. The van der Waals surface area contributed by atoms with Gasteiger partial charge in [-0.3, -0.25) is 4.79 Å². The third-order valence-electron chi connectivity index (χ3n) is 7.97. The Bertz CT molecular complexity index is 682. The Labute approximate surface area is 196 Å². The minimum atomic E-state index is 0.00398. The lowest BCUT2D eigenvalue weighted by molar-refractivity contribution is -0.124. The number of rotatable bonds is 11. The van der Waals surface area contributed by atoms with Crippen molar-refractivity contribution in [3.8, 4) is 0 Å². The summed E-state index contributed by atoms with van der Waals surface area (Å²) in [4.78, 5) is 13.3. The Kier molecular flexibility index (Phi) is 10.3. The Balaban J connectivity index is 1.36. The van der Waals surface area contributed by atoms with Crippen LogP contribution < -0.4 is 0 Å². The molecule has 178 valence electrons. The number of unbranched alkanes of at least 4 members (excludes halogenated alkanes) is 1. The van der Waals surface area contributed by atoms with E-state index in [0.717, 1.165) is 43.7 Å². The summed E-state index contributed by atoms with van der Waals surface area (Å²) in [6.07, 6.45) is 17.2. The first-order chi connectivity index (χ1) is 15.6. The third kappa shape index (κ3) is 7.47. The topological polar surface area (TPSA) is 29.5 Å². The summed E-state index contributed by atoms with van der Waals surface area (Å²) in [5.74, 6) is 2.63. The average molecular weight is 440 g/mol. The largest absolute Gasteiger partial charge is 0.378 e. The quantitative estimate of drug-likeness (QED) is 0.277. The molecule has 1 aromatic carbocycles. The fourth-order valence-corrected chi connectivity index (χ4v) is 5.79. The van der Waals surface area contributed by atoms with Gasteiger partial charge in [-0.2, -0.15) is 0 Å². The number of hydrogen-bond donors (Lipinski definition) is 0. The molecule has 1 aromatic rings. The lowest BCUT2D eigenvalue weighted by Crippen LogP contribution is -2.28. The molecule has 0 aliphatic heterocycles. The Morgan fingerprint density at radius 2 is 1.62 bits per heavy atom. The first kappa shape index (κ1) is 25.0. The van der Waals surface area contributed by atoms with E-state index in [-0.39, 0.29) is 5.91 Å². The van der Waals surface area contributed by atoms with Gasteiger partial charge in [0.2, 0.25) is 5.91 Å². The Morgan fingerprint density at radius 1 is 1.00 bits per heavy atom. The number of benzene rings is 1. The first-order valence-corrected chi connectivity index (χ1v) is 13.2. The van der Waals surface area contributed by atoms with Crippen molar-refractivity contribution < 1.29 is 9.53 Å². The monoisotopic (exact) mass is 439 g/mol. The number of carbonyl (C=O) groups is 1. The van der Waals surface area contributed by atoms with E-state index >= 15 is 0 Å². The molecule has 3 nitrogen and oxygen atoms in total. The van der Waals surface area contributed by atoms with Crippen LogP contribution in [-0.4, -0.2) is 37.1 Å². The minimum Gasteiger partial charge on any atom is -0.378 e. The van der Waals surface area contributed by atoms with Gasteiger partial charge in [0.25, 0.3) is 0 Å². The molecule has 0 radical (unpaired) electrons. The fraction of sp³-hybridized carbons (Fsp3) is 0.690. The maximum absolute atomic E-state index is 11.6. The predicted molar refractivity (Wildman–Crippen MR) is 134 cm³/mol. The van der Waals surface area contributed by atoms with Crippen molar-refractivity contribution in [1.29, 1.82) is 0 Å². The summed E-state index contributed by atoms with van der Waals surface area (Å²) in [6, 6.07) is 9.32. The van der Waals surface area contributed by atoms with Crippen molar-refractivity contribution >= 4 is 5.91 Å². The minimum absolute atomic E-state index is 0.00398. The van der Waals surface area contributed by atoms with Crippen LogP contribution in [0.3, 0.4) is 0 Å². The van der Waals surface area contributed by atoms with Crippen molar-refractivity contribution in [3.63, 3.8) is 0 Å². The highest BCUT2D eigenvalue weighted by molar-refractivity contribution is 5.86. The van der Waals surface area contributed by atoms with Crippen LogP contribution in [-0.2, 0) is 16.0 Å². The first-order valence-electron chi connectivity index (χ1n) is 13.2. The standard InChI is InChI=1S/C29H45NO2/c1-4-6-22-32-28-19-17-27(18-20-28)26-15-13-25(14-16-26)24-11-9-23(10-12-24)8-7-21-30(3)29(31)5-2/h5,9-12,25-28H,2,4,6-8,13-22H2,1,3H3. The van der Waals surface area contributed by atoms with E-state index < -0.39 is 0 Å². The van der Waals surface area contributed by atoms with E-state index in [4.69, 9.17) is 4.74 Å². The zero-order chi connectivity index (χ0) is 22.8. The van der Waals surface area contributed by atoms with Gasteiger partial charge in [-0.05, 0) is 106 Å². The number of carbonyl (C=O) groups excluding carboxylic acids is 1. The van der Waals surface area contributed by atoms with Crippen molar-refractivity contribution in [2.24, 2.45) is 11.8 Å². The molecule has 0 bridgehead atoms. The van der Waals surface area contributed by atoms with Crippen molar-refractivity contribution in [2.45, 2.75) is 96.0 Å². The third-order valence-corrected chi connectivity index (χ3v) is 7.97. The molecule has 2 fully saturated rings. The van der Waals surface area contributed by atoms with E-state index in [1.165, 1.54) is 81.4 Å². The van der Waals surface area contributed by atoms with Gasteiger partial charge in [0.1, 0.15) is 0 Å². The van der Waals surface area contributed by atoms with Gasteiger partial charge < -0.3 is 9.64 Å². The number of hydrogen-bond acceptors (Lipinski definition) is 2. The molecule has 0 spiro atoms. The molecule has 2 saturated carbocycles. The number of amides is 1. The van der Waals surface area contributed by atoms with Gasteiger partial charge in [-0.1, -0.05) is 44.2 Å². The van der Waals surface area contributed by atoms with Crippen LogP contribution in [0.5, 0.6) is 0 Å². The molecule has 2 aliphatic carbocycles. The van der Waals surface area contributed by atoms with E-state index in [9.17, 15) is 4.79 Å². The summed E-state index contributed by atoms with van der Waals surface area (Å²) in [6.45, 7) is 7.53. The molecule has 3 heteroatoms. The van der Waals surface area contributed by atoms with Gasteiger partial charge >= 0.3 is 0 Å². The van der Waals surface area contributed by atoms with Gasteiger partial charge in [-0.25, -0.2) is 0 Å². The normalized spacial score (nSPS) is 25.9. The summed E-state index contributed by atoms with van der Waals surface area (Å²) >= 11 is 0. The number of likely N-dealkylation sites (N-methyl/N-ethyl adjacent to an activating group) is 1. The molecule has 3 rings (SSSR count). The molecule has 0 heterocycles. The van der Waals surface area contributed by atoms with Crippen LogP contribution in [0.4, 0.5) is 0 Å². The lowest BCUT2D eigenvalue weighted by atomic mass is 9.69. The second-order valence-corrected chi connectivity index (χ2v) is 10.2. The van der Waals surface area contributed by atoms with Gasteiger partial charge in [0, 0.05) is 20.2 Å². The van der Waals surface area contributed by atoms with Gasteiger partial charge in [0.05, 0.1) is 6.10 Å². The molecule has 0 atom stereocenters. The Morgan fingerprint density at radius 3 is 2.22 bits per heavy atom. The van der Waals surface area contributed by atoms with E-state index in [1.54, 1.807) is 4.90 Å². The highest BCUT2D eigenvalue weighted by atomic mass is 16.5. The molecule has 2 aliphatic rings. The molecular formula is C29H45NO2. The van der Waals surface area contributed by atoms with Crippen molar-refractivity contribution in [2.75, 3.05) is 20.2 Å². The van der Waals surface area contributed by atoms with Crippen molar-refractivity contribution in [3.05, 3.63) is 48.0 Å². The molecular weight excluding hydrogens is 394 g/mol. The van der Waals surface area contributed by atoms with E-state index in [1.807, 2.05) is 7.05 Å². The SMILES string of the molecule is C=CC(=O)N(C)CCCc1ccc(C2CCC(C3CCC(OCCCC)CC3)CC2)cc1. The van der Waals surface area contributed by atoms with Gasteiger partial charge in [0.15, 0.2) is 0 Å². The zero-order valence-corrected chi connectivity index (χ0v) is 20.6. The smallest absolute Gasteiger partial charge is 0.245 e. The molecule has 0 saturated heterocycles. The summed E-state index contributed by atoms with van der Waals surface area (Å²) in [7, 11) is 1.84. The van der Waals surface area contributed by atoms with Gasteiger partial charge in [-0.15, -0.1) is 0 Å². The highest BCUT2D eigenvalue weighted by Gasteiger charge is 2.31. The second-order valence-electron chi connectivity index (χ2n) is 10.2. The van der Waals surface area contributed by atoms with Crippen LogP contribution in [0, 0.1) is 11.8 Å². The van der Waals surface area contributed by atoms with Crippen LogP contribution in [0.2, 0.25) is 0 Å². The highest BCUT2D eigenvalue weighted by Crippen LogP contribution is 2.43. The number of aryl methyl sites for hydroxylation is 1. The van der Waals surface area contributed by atoms with Crippen LogP contribution in [0.25, 0.3) is 0 Å². The molecule has 0 aromatic heterocycles. The summed E-state index contributed by atoms with van der Waals surface area (Å²) < 4.78 is 6.07. The van der Waals surface area contributed by atoms with Crippen LogP contribution in [0.1, 0.15) is 94.6 Å². The lowest BCUT2D eigenvalue weighted by Gasteiger charge is -2.38. The number of ether oxygens (including phenoxy) is 1. The number of nitrogens with zero attached hydrogens (tertiary/aromatic N) is 1.